The van der Waals surface area contributed by atoms with Gasteiger partial charge >= 0.3 is 0 Å². The van der Waals surface area contributed by atoms with E-state index >= 15 is 0 Å². The van der Waals surface area contributed by atoms with Crippen LogP contribution < -0.4 is 0 Å². The van der Waals surface area contributed by atoms with Crippen LogP contribution in [0.25, 0.3) is 0 Å². The largest absolute Gasteiger partial charge is 0.281 e. The van der Waals surface area contributed by atoms with Crippen molar-refractivity contribution in [3.63, 3.8) is 0 Å². The van der Waals surface area contributed by atoms with E-state index in [-0.39, 0.29) is 23.8 Å². The predicted molar refractivity (Wildman–Crippen MR) is 65.1 cm³/mol. The van der Waals surface area contributed by atoms with Crippen molar-refractivity contribution in [2.45, 2.75) is 18.9 Å². The van der Waals surface area contributed by atoms with E-state index in [1.165, 1.54) is 0 Å². The van der Waals surface area contributed by atoms with Crippen molar-refractivity contribution in [3.05, 3.63) is 46.2 Å². The molecule has 18 heavy (non-hydrogen) atoms. The number of nitrogens with zero attached hydrogens (tertiary/aromatic N) is 3. The minimum Gasteiger partial charge on any atom is -0.239 e. The Morgan fingerprint density at radius 2 is 1.89 bits per heavy atom. The fraction of sp³-hybridized carbons (Fsp3) is 0.273. The van der Waals surface area contributed by atoms with Gasteiger partial charge in [0, 0.05) is 5.02 Å². The van der Waals surface area contributed by atoms with Gasteiger partial charge in [0.1, 0.15) is 11.4 Å². The Hall–Kier alpha value is -1.20. The van der Waals surface area contributed by atoms with Crippen LogP contribution in [0.1, 0.15) is 23.4 Å². The van der Waals surface area contributed by atoms with Gasteiger partial charge in [-0.3, -0.25) is 0 Å². The third kappa shape index (κ3) is 2.79. The second kappa shape index (κ2) is 5.63. The molecule has 0 amide bonds. The maximum absolute atomic E-state index is 12.9. The first-order chi connectivity index (χ1) is 8.61. The first kappa shape index (κ1) is 13.2. The Bertz CT molecular complexity index is 526. The number of alkyl halides is 3. The van der Waals surface area contributed by atoms with Crippen molar-refractivity contribution in [2.75, 3.05) is 0 Å². The van der Waals surface area contributed by atoms with Crippen LogP contribution in [-0.4, -0.2) is 15.0 Å². The third-order valence-corrected chi connectivity index (χ3v) is 2.93. The summed E-state index contributed by atoms with van der Waals surface area (Å²) in [5.74, 6) is -0.0830. The maximum atomic E-state index is 12.9. The van der Waals surface area contributed by atoms with E-state index in [4.69, 9.17) is 23.2 Å². The molecular formula is C11H9Cl2F2N3. The molecule has 2 rings (SSSR count). The Labute approximate surface area is 112 Å². The predicted octanol–water partition coefficient (Wildman–Crippen LogP) is 3.66. The molecule has 0 bridgehead atoms. The average molecular weight is 292 g/mol. The molecular weight excluding hydrogens is 283 g/mol. The van der Waals surface area contributed by atoms with Gasteiger partial charge in [0.2, 0.25) is 0 Å². The van der Waals surface area contributed by atoms with Gasteiger partial charge in [-0.25, -0.2) is 13.5 Å². The Kier molecular flexibility index (Phi) is 4.14. The number of rotatable bonds is 4. The Balaban J connectivity index is 2.28. The van der Waals surface area contributed by atoms with Gasteiger partial charge in [0.25, 0.3) is 6.43 Å². The fourth-order valence-electron chi connectivity index (χ4n) is 1.57. The summed E-state index contributed by atoms with van der Waals surface area (Å²) in [7, 11) is 0. The van der Waals surface area contributed by atoms with E-state index in [1.807, 2.05) is 0 Å². The average Bonchev–Trinajstić information content (AvgIpc) is 2.75. The molecule has 1 aromatic heterocycles. The summed E-state index contributed by atoms with van der Waals surface area (Å²) in [4.78, 5) is 0. The summed E-state index contributed by atoms with van der Waals surface area (Å²) in [5, 5.41) is 7.93. The zero-order valence-electron chi connectivity index (χ0n) is 9.15. The molecule has 0 radical (unpaired) electrons. The van der Waals surface area contributed by atoms with Gasteiger partial charge in [0.15, 0.2) is 0 Å². The zero-order chi connectivity index (χ0) is 13.1. The van der Waals surface area contributed by atoms with Gasteiger partial charge in [0.05, 0.1) is 12.4 Å². The summed E-state index contributed by atoms with van der Waals surface area (Å²) >= 11 is 11.3. The van der Waals surface area contributed by atoms with E-state index in [9.17, 15) is 8.78 Å². The minimum absolute atomic E-state index is 0.0830. The van der Waals surface area contributed by atoms with Crippen LogP contribution in [0, 0.1) is 0 Å². The highest BCUT2D eigenvalue weighted by atomic mass is 35.5. The summed E-state index contributed by atoms with van der Waals surface area (Å²) < 4.78 is 26.9. The zero-order valence-corrected chi connectivity index (χ0v) is 10.7. The van der Waals surface area contributed by atoms with E-state index < -0.39 is 6.43 Å². The van der Waals surface area contributed by atoms with Gasteiger partial charge in [-0.1, -0.05) is 28.9 Å². The summed E-state index contributed by atoms with van der Waals surface area (Å²) in [5.41, 5.74) is 0.688. The van der Waals surface area contributed by atoms with Crippen molar-refractivity contribution < 1.29 is 8.78 Å². The lowest BCUT2D eigenvalue weighted by Crippen LogP contribution is -2.07. The van der Waals surface area contributed by atoms with Crippen LogP contribution in [0.4, 0.5) is 8.78 Å². The van der Waals surface area contributed by atoms with Crippen LogP contribution in [-0.2, 0) is 12.4 Å². The van der Waals surface area contributed by atoms with Gasteiger partial charge < -0.3 is 0 Å². The second-order valence-corrected chi connectivity index (χ2v) is 4.34. The van der Waals surface area contributed by atoms with Crippen molar-refractivity contribution in [3.8, 4) is 0 Å². The lowest BCUT2D eigenvalue weighted by Gasteiger charge is -2.06. The monoisotopic (exact) mass is 291 g/mol. The van der Waals surface area contributed by atoms with Crippen molar-refractivity contribution >= 4 is 23.2 Å². The first-order valence-electron chi connectivity index (χ1n) is 5.12. The van der Waals surface area contributed by atoms with Crippen molar-refractivity contribution in [2.24, 2.45) is 0 Å². The maximum Gasteiger partial charge on any atom is 0.281 e. The number of benzene rings is 1. The molecule has 0 saturated heterocycles. The smallest absolute Gasteiger partial charge is 0.239 e. The highest BCUT2D eigenvalue weighted by Crippen LogP contribution is 2.23. The minimum atomic E-state index is -2.65. The lowest BCUT2D eigenvalue weighted by molar-refractivity contribution is 0.139. The van der Waals surface area contributed by atoms with Crippen LogP contribution in [0.2, 0.25) is 5.02 Å². The molecule has 1 aromatic carbocycles. The number of halogens is 4. The molecule has 0 aliphatic rings. The van der Waals surface area contributed by atoms with Crippen LogP contribution in [0.3, 0.4) is 0 Å². The fourth-order valence-corrected chi connectivity index (χ4v) is 1.89. The molecule has 0 atom stereocenters. The molecule has 7 heteroatoms. The molecule has 0 spiro atoms. The van der Waals surface area contributed by atoms with Crippen LogP contribution in [0.15, 0.2) is 24.3 Å². The topological polar surface area (TPSA) is 30.7 Å². The van der Waals surface area contributed by atoms with E-state index in [1.54, 1.807) is 24.3 Å². The van der Waals surface area contributed by atoms with Crippen molar-refractivity contribution in [1.29, 1.82) is 0 Å². The molecule has 0 fully saturated rings. The molecule has 1 heterocycles. The van der Waals surface area contributed by atoms with Gasteiger partial charge in [-0.2, -0.15) is 0 Å². The van der Waals surface area contributed by atoms with E-state index in [0.717, 1.165) is 10.2 Å². The number of hydrogen-bond acceptors (Lipinski definition) is 2. The third-order valence-electron chi connectivity index (χ3n) is 2.43. The van der Waals surface area contributed by atoms with Crippen LogP contribution in [0.5, 0.6) is 0 Å². The standard InChI is InChI=1S/C11H9Cl2F2N3/c12-5-9-10(11(14)15)18(17-16-9)6-7-1-3-8(13)4-2-7/h1-4,11H,5-6H2. The molecule has 2 aromatic rings. The van der Waals surface area contributed by atoms with Crippen LogP contribution >= 0.6 is 23.2 Å². The van der Waals surface area contributed by atoms with Crippen molar-refractivity contribution in [1.82, 2.24) is 15.0 Å². The first-order valence-corrected chi connectivity index (χ1v) is 6.04. The Morgan fingerprint density at radius 1 is 1.22 bits per heavy atom. The van der Waals surface area contributed by atoms with E-state index in [0.29, 0.717) is 5.02 Å². The molecule has 0 unspecified atom stereocenters. The second-order valence-electron chi connectivity index (χ2n) is 3.64. The Morgan fingerprint density at radius 3 is 2.44 bits per heavy atom. The highest BCUT2D eigenvalue weighted by Gasteiger charge is 2.21. The number of hydrogen-bond donors (Lipinski definition) is 0. The molecule has 0 N–H and O–H groups in total. The molecule has 0 aliphatic carbocycles. The summed E-state index contributed by atoms with van der Waals surface area (Å²) in [6.07, 6.45) is -2.65. The SMILES string of the molecule is FC(F)c1c(CCl)nnn1Cc1ccc(Cl)cc1. The van der Waals surface area contributed by atoms with Gasteiger partial charge in [-0.05, 0) is 17.7 Å². The molecule has 0 aliphatic heterocycles. The summed E-state index contributed by atoms with van der Waals surface area (Å²) in [6.45, 7) is 0.209. The van der Waals surface area contributed by atoms with E-state index in [2.05, 4.69) is 10.3 Å². The molecule has 96 valence electrons. The summed E-state index contributed by atoms with van der Waals surface area (Å²) in [6, 6.07) is 6.88. The lowest BCUT2D eigenvalue weighted by atomic mass is 10.2. The normalized spacial score (nSPS) is 11.2. The number of aromatic nitrogens is 3. The molecule has 3 nitrogen and oxygen atoms in total. The highest BCUT2D eigenvalue weighted by molar-refractivity contribution is 6.30. The quantitative estimate of drug-likeness (QED) is 0.805. The molecule has 0 saturated carbocycles. The van der Waals surface area contributed by atoms with Gasteiger partial charge in [-0.15, -0.1) is 16.7 Å².